The summed E-state index contributed by atoms with van der Waals surface area (Å²) < 4.78 is 5.62. The summed E-state index contributed by atoms with van der Waals surface area (Å²) in [6.07, 6.45) is -0.870. The van der Waals surface area contributed by atoms with Crippen molar-refractivity contribution in [1.29, 1.82) is 0 Å². The van der Waals surface area contributed by atoms with E-state index in [-0.39, 0.29) is 11.3 Å². The number of hydrogen-bond donors (Lipinski definition) is 3. The summed E-state index contributed by atoms with van der Waals surface area (Å²) in [5, 5.41) is 13.1. The molecule has 0 bridgehead atoms. The van der Waals surface area contributed by atoms with Gasteiger partial charge in [-0.3, -0.25) is 35.3 Å². The Balaban J connectivity index is 1.80. The van der Waals surface area contributed by atoms with Crippen molar-refractivity contribution in [3.63, 3.8) is 0 Å². The topological polar surface area (TPSA) is 140 Å². The molecule has 0 saturated heterocycles. The van der Waals surface area contributed by atoms with Crippen LogP contribution in [0.3, 0.4) is 0 Å². The Hall–Kier alpha value is -3.95. The van der Waals surface area contributed by atoms with Crippen molar-refractivity contribution in [2.75, 3.05) is 6.54 Å². The number of carbonyl (C=O) groups excluding carboxylic acids is 3. The number of amides is 3. The second-order valence-electron chi connectivity index (χ2n) is 6.49. The van der Waals surface area contributed by atoms with Crippen molar-refractivity contribution in [3.05, 3.63) is 69.3 Å². The van der Waals surface area contributed by atoms with Gasteiger partial charge in [0, 0.05) is 17.7 Å². The smallest absolute Gasteiger partial charge is 0.279 e. The monoisotopic (exact) mass is 414 g/mol. The second kappa shape index (κ2) is 10.0. The third kappa shape index (κ3) is 6.03. The fourth-order valence-electron chi connectivity index (χ4n) is 2.40. The fourth-order valence-corrected chi connectivity index (χ4v) is 2.40. The lowest BCUT2D eigenvalue weighted by molar-refractivity contribution is -0.384. The Labute approximate surface area is 172 Å². The third-order valence-electron chi connectivity index (χ3n) is 4.28. The SMILES string of the molecule is Cc1cccc(O[C@H](C)C(=O)NNC(=O)CNC(=O)c2cccc([N+](=O)[O-])c2)c1C. The molecule has 0 radical (unpaired) electrons. The molecule has 30 heavy (non-hydrogen) atoms. The quantitative estimate of drug-likeness (QED) is 0.464. The van der Waals surface area contributed by atoms with Gasteiger partial charge in [0.05, 0.1) is 11.5 Å². The molecule has 0 aromatic heterocycles. The predicted molar refractivity (Wildman–Crippen MR) is 108 cm³/mol. The van der Waals surface area contributed by atoms with E-state index >= 15 is 0 Å². The van der Waals surface area contributed by atoms with Crippen molar-refractivity contribution in [2.24, 2.45) is 0 Å². The minimum absolute atomic E-state index is 0.0385. The Morgan fingerprint density at radius 2 is 1.80 bits per heavy atom. The van der Waals surface area contributed by atoms with Crippen molar-refractivity contribution in [2.45, 2.75) is 26.9 Å². The van der Waals surface area contributed by atoms with Crippen LogP contribution in [0.25, 0.3) is 0 Å². The molecule has 2 rings (SSSR count). The number of nitro groups is 1. The van der Waals surface area contributed by atoms with E-state index in [9.17, 15) is 24.5 Å². The van der Waals surface area contributed by atoms with Gasteiger partial charge in [-0.1, -0.05) is 18.2 Å². The predicted octanol–water partition coefficient (Wildman–Crippen LogP) is 1.56. The summed E-state index contributed by atoms with van der Waals surface area (Å²) in [5.74, 6) is -1.35. The number of nitro benzene ring substituents is 1. The van der Waals surface area contributed by atoms with Gasteiger partial charge < -0.3 is 10.1 Å². The molecular weight excluding hydrogens is 392 g/mol. The molecule has 158 valence electrons. The van der Waals surface area contributed by atoms with E-state index in [1.54, 1.807) is 6.07 Å². The van der Waals surface area contributed by atoms with Crippen LogP contribution in [-0.4, -0.2) is 35.3 Å². The number of nitrogens with zero attached hydrogens (tertiary/aromatic N) is 1. The molecule has 3 amide bonds. The lowest BCUT2D eigenvalue weighted by atomic mass is 10.1. The Kier molecular flexibility index (Phi) is 7.45. The van der Waals surface area contributed by atoms with Gasteiger partial charge in [0.15, 0.2) is 6.10 Å². The molecule has 10 heteroatoms. The molecule has 1 atom stereocenters. The molecule has 0 aliphatic carbocycles. The number of rotatable bonds is 7. The van der Waals surface area contributed by atoms with Crippen molar-refractivity contribution in [1.82, 2.24) is 16.2 Å². The molecule has 0 fully saturated rings. The number of non-ortho nitro benzene ring substituents is 1. The van der Waals surface area contributed by atoms with E-state index in [2.05, 4.69) is 16.2 Å². The van der Waals surface area contributed by atoms with Crippen LogP contribution in [0, 0.1) is 24.0 Å². The van der Waals surface area contributed by atoms with Gasteiger partial charge in [0.1, 0.15) is 5.75 Å². The van der Waals surface area contributed by atoms with Gasteiger partial charge in [-0.15, -0.1) is 0 Å². The van der Waals surface area contributed by atoms with Crippen LogP contribution in [0.5, 0.6) is 5.75 Å². The average molecular weight is 414 g/mol. The summed E-state index contributed by atoms with van der Waals surface area (Å²) >= 11 is 0. The number of hydrazine groups is 1. The molecule has 0 aliphatic heterocycles. The summed E-state index contributed by atoms with van der Waals surface area (Å²) in [6, 6.07) is 10.6. The molecule has 10 nitrogen and oxygen atoms in total. The maximum absolute atomic E-state index is 12.1. The highest BCUT2D eigenvalue weighted by atomic mass is 16.6. The highest BCUT2D eigenvalue weighted by Gasteiger charge is 2.17. The van der Waals surface area contributed by atoms with E-state index in [0.29, 0.717) is 5.75 Å². The van der Waals surface area contributed by atoms with Crippen LogP contribution in [0.2, 0.25) is 0 Å². The van der Waals surface area contributed by atoms with Gasteiger partial charge >= 0.3 is 0 Å². The molecule has 2 aromatic rings. The number of aryl methyl sites for hydroxylation is 1. The summed E-state index contributed by atoms with van der Waals surface area (Å²) in [4.78, 5) is 46.1. The zero-order valence-corrected chi connectivity index (χ0v) is 16.7. The van der Waals surface area contributed by atoms with Gasteiger partial charge in [-0.05, 0) is 44.0 Å². The largest absolute Gasteiger partial charge is 0.481 e. The Morgan fingerprint density at radius 1 is 1.10 bits per heavy atom. The normalized spacial score (nSPS) is 11.2. The first-order valence-electron chi connectivity index (χ1n) is 9.03. The third-order valence-corrected chi connectivity index (χ3v) is 4.28. The first kappa shape index (κ1) is 22.3. The second-order valence-corrected chi connectivity index (χ2v) is 6.49. The standard InChI is InChI=1S/C20H22N4O6/c1-12-6-4-9-17(13(12)2)30-14(3)19(26)23-22-18(25)11-21-20(27)15-7-5-8-16(10-15)24(28)29/h4-10,14H,11H2,1-3H3,(H,21,27)(H,22,25)(H,23,26)/t14-/m1/s1. The van der Waals surface area contributed by atoms with Crippen LogP contribution in [-0.2, 0) is 9.59 Å². The van der Waals surface area contributed by atoms with Gasteiger partial charge in [-0.2, -0.15) is 0 Å². The minimum atomic E-state index is -0.870. The minimum Gasteiger partial charge on any atom is -0.481 e. The fraction of sp³-hybridized carbons (Fsp3) is 0.250. The van der Waals surface area contributed by atoms with Crippen molar-refractivity contribution in [3.8, 4) is 5.75 Å². The highest BCUT2D eigenvalue weighted by Crippen LogP contribution is 2.21. The van der Waals surface area contributed by atoms with Crippen LogP contribution >= 0.6 is 0 Å². The zero-order chi connectivity index (χ0) is 22.3. The van der Waals surface area contributed by atoms with Gasteiger partial charge in [-0.25, -0.2) is 0 Å². The van der Waals surface area contributed by atoms with E-state index in [4.69, 9.17) is 4.74 Å². The number of ether oxygens (including phenoxy) is 1. The first-order valence-corrected chi connectivity index (χ1v) is 9.03. The molecule has 0 heterocycles. The maximum atomic E-state index is 12.1. The van der Waals surface area contributed by atoms with Crippen LogP contribution in [0.15, 0.2) is 42.5 Å². The molecule has 0 unspecified atom stereocenters. The van der Waals surface area contributed by atoms with E-state index in [0.717, 1.165) is 17.2 Å². The average Bonchev–Trinajstić information content (AvgIpc) is 2.73. The Morgan fingerprint density at radius 3 is 2.50 bits per heavy atom. The maximum Gasteiger partial charge on any atom is 0.279 e. The lowest BCUT2D eigenvalue weighted by Gasteiger charge is -2.17. The van der Waals surface area contributed by atoms with Crippen LogP contribution in [0.4, 0.5) is 5.69 Å². The lowest BCUT2D eigenvalue weighted by Crippen LogP contribution is -2.50. The molecule has 2 aromatic carbocycles. The molecule has 0 saturated carbocycles. The van der Waals surface area contributed by atoms with Crippen molar-refractivity contribution >= 4 is 23.4 Å². The van der Waals surface area contributed by atoms with E-state index in [1.165, 1.54) is 25.1 Å². The number of nitrogens with one attached hydrogen (secondary N) is 3. The number of hydrogen-bond acceptors (Lipinski definition) is 6. The molecular formula is C20H22N4O6. The van der Waals surface area contributed by atoms with E-state index in [1.807, 2.05) is 26.0 Å². The van der Waals surface area contributed by atoms with Gasteiger partial charge in [0.2, 0.25) is 0 Å². The summed E-state index contributed by atoms with van der Waals surface area (Å²) in [6.45, 7) is 4.90. The van der Waals surface area contributed by atoms with Gasteiger partial charge in [0.25, 0.3) is 23.4 Å². The van der Waals surface area contributed by atoms with Crippen LogP contribution < -0.4 is 20.9 Å². The summed E-state index contributed by atoms with van der Waals surface area (Å²) in [5.41, 5.74) is 6.12. The van der Waals surface area contributed by atoms with Crippen LogP contribution in [0.1, 0.15) is 28.4 Å². The zero-order valence-electron chi connectivity index (χ0n) is 16.7. The molecule has 0 spiro atoms. The number of benzene rings is 2. The molecule has 3 N–H and O–H groups in total. The molecule has 0 aliphatic rings. The highest BCUT2D eigenvalue weighted by molar-refractivity contribution is 5.97. The first-order chi connectivity index (χ1) is 14.2. The Bertz CT molecular complexity index is 976. The number of carbonyl (C=O) groups is 3. The van der Waals surface area contributed by atoms with E-state index < -0.39 is 35.3 Å². The summed E-state index contributed by atoms with van der Waals surface area (Å²) in [7, 11) is 0. The van der Waals surface area contributed by atoms with Crippen molar-refractivity contribution < 1.29 is 24.0 Å².